The van der Waals surface area contributed by atoms with Crippen LogP contribution in [0.5, 0.6) is 0 Å². The SMILES string of the molecule is Cc1cc(C)c2oc(-c3ccccn3)cc(=O)c2c1. The molecule has 1 aromatic carbocycles. The molecule has 3 aromatic rings. The fourth-order valence-electron chi connectivity index (χ4n) is 2.24. The molecule has 0 N–H and O–H groups in total. The van der Waals surface area contributed by atoms with Crippen molar-refractivity contribution in [1.29, 1.82) is 0 Å². The van der Waals surface area contributed by atoms with Gasteiger partial charge in [-0.2, -0.15) is 0 Å². The normalized spacial score (nSPS) is 10.8. The van der Waals surface area contributed by atoms with Crippen LogP contribution in [0.1, 0.15) is 11.1 Å². The van der Waals surface area contributed by atoms with E-state index in [9.17, 15) is 4.79 Å². The lowest BCUT2D eigenvalue weighted by Gasteiger charge is -2.05. The fourth-order valence-corrected chi connectivity index (χ4v) is 2.24. The Morgan fingerprint density at radius 3 is 2.68 bits per heavy atom. The first-order valence-electron chi connectivity index (χ1n) is 6.11. The van der Waals surface area contributed by atoms with E-state index in [0.717, 1.165) is 11.1 Å². The average molecular weight is 251 g/mol. The van der Waals surface area contributed by atoms with E-state index in [1.807, 2.05) is 44.2 Å². The standard InChI is InChI=1S/C16H13NO2/c1-10-7-11(2)16-12(8-10)14(18)9-15(19-16)13-5-3-4-6-17-13/h3-9H,1-2H3. The summed E-state index contributed by atoms with van der Waals surface area (Å²) in [6, 6.07) is 10.9. The zero-order chi connectivity index (χ0) is 13.4. The van der Waals surface area contributed by atoms with Gasteiger partial charge >= 0.3 is 0 Å². The van der Waals surface area contributed by atoms with E-state index in [2.05, 4.69) is 4.98 Å². The third-order valence-corrected chi connectivity index (χ3v) is 3.08. The molecule has 0 aliphatic rings. The van der Waals surface area contributed by atoms with Crippen molar-refractivity contribution in [3.63, 3.8) is 0 Å². The van der Waals surface area contributed by atoms with Crippen LogP contribution in [-0.4, -0.2) is 4.98 Å². The van der Waals surface area contributed by atoms with E-state index in [-0.39, 0.29) is 5.43 Å². The zero-order valence-electron chi connectivity index (χ0n) is 10.8. The number of pyridine rings is 1. The topological polar surface area (TPSA) is 43.1 Å². The average Bonchev–Trinajstić information content (AvgIpc) is 2.41. The first-order valence-corrected chi connectivity index (χ1v) is 6.11. The zero-order valence-corrected chi connectivity index (χ0v) is 10.8. The van der Waals surface area contributed by atoms with Crippen LogP contribution in [0.25, 0.3) is 22.4 Å². The molecule has 0 saturated carbocycles. The van der Waals surface area contributed by atoms with E-state index in [4.69, 9.17) is 4.42 Å². The minimum Gasteiger partial charge on any atom is -0.454 e. The van der Waals surface area contributed by atoms with Crippen molar-refractivity contribution in [1.82, 2.24) is 4.98 Å². The van der Waals surface area contributed by atoms with E-state index >= 15 is 0 Å². The number of hydrogen-bond donors (Lipinski definition) is 0. The summed E-state index contributed by atoms with van der Waals surface area (Å²) < 4.78 is 5.85. The molecule has 0 bridgehead atoms. The lowest BCUT2D eigenvalue weighted by molar-refractivity contribution is 0.613. The summed E-state index contributed by atoms with van der Waals surface area (Å²) >= 11 is 0. The first-order chi connectivity index (χ1) is 9.15. The molecule has 0 fully saturated rings. The Labute approximate surface area is 110 Å². The Balaban J connectivity index is 2.34. The summed E-state index contributed by atoms with van der Waals surface area (Å²) in [4.78, 5) is 16.4. The van der Waals surface area contributed by atoms with Gasteiger partial charge in [0.25, 0.3) is 0 Å². The third-order valence-electron chi connectivity index (χ3n) is 3.08. The van der Waals surface area contributed by atoms with Crippen LogP contribution in [-0.2, 0) is 0 Å². The Morgan fingerprint density at radius 2 is 1.95 bits per heavy atom. The van der Waals surface area contributed by atoms with Crippen LogP contribution in [0.2, 0.25) is 0 Å². The van der Waals surface area contributed by atoms with Gasteiger partial charge in [0.05, 0.1) is 5.39 Å². The van der Waals surface area contributed by atoms with Gasteiger partial charge < -0.3 is 4.42 Å². The molecule has 0 saturated heterocycles. The molecule has 3 rings (SSSR count). The molecule has 0 aliphatic heterocycles. The van der Waals surface area contributed by atoms with Crippen LogP contribution in [0, 0.1) is 13.8 Å². The lowest BCUT2D eigenvalue weighted by atomic mass is 10.1. The second-order valence-electron chi connectivity index (χ2n) is 4.65. The summed E-state index contributed by atoms with van der Waals surface area (Å²) in [6.07, 6.45) is 1.68. The minimum atomic E-state index is -0.0336. The van der Waals surface area contributed by atoms with E-state index < -0.39 is 0 Å². The second kappa shape index (κ2) is 4.35. The van der Waals surface area contributed by atoms with E-state index in [1.165, 1.54) is 6.07 Å². The predicted octanol–water partition coefficient (Wildman–Crippen LogP) is 3.47. The molecule has 2 aromatic heterocycles. The van der Waals surface area contributed by atoms with Crippen LogP contribution in [0.4, 0.5) is 0 Å². The van der Waals surface area contributed by atoms with Crippen LogP contribution >= 0.6 is 0 Å². The summed E-state index contributed by atoms with van der Waals surface area (Å²) in [7, 11) is 0. The molecular formula is C16H13NO2. The highest BCUT2D eigenvalue weighted by Gasteiger charge is 2.09. The van der Waals surface area contributed by atoms with E-state index in [0.29, 0.717) is 22.4 Å². The Morgan fingerprint density at radius 1 is 1.11 bits per heavy atom. The Bertz CT molecular complexity index is 804. The van der Waals surface area contributed by atoms with Crippen molar-refractivity contribution in [2.45, 2.75) is 13.8 Å². The van der Waals surface area contributed by atoms with Crippen LogP contribution < -0.4 is 5.43 Å². The maximum Gasteiger partial charge on any atom is 0.193 e. The number of aromatic nitrogens is 1. The van der Waals surface area contributed by atoms with Gasteiger partial charge in [0.1, 0.15) is 11.3 Å². The number of fused-ring (bicyclic) bond motifs is 1. The molecule has 3 heteroatoms. The highest BCUT2D eigenvalue weighted by atomic mass is 16.3. The number of aryl methyl sites for hydroxylation is 2. The predicted molar refractivity (Wildman–Crippen MR) is 75.2 cm³/mol. The van der Waals surface area contributed by atoms with E-state index in [1.54, 1.807) is 6.20 Å². The quantitative estimate of drug-likeness (QED) is 0.665. The van der Waals surface area contributed by atoms with Crippen molar-refractivity contribution >= 4 is 11.0 Å². The molecule has 19 heavy (non-hydrogen) atoms. The van der Waals surface area contributed by atoms with Crippen LogP contribution in [0.3, 0.4) is 0 Å². The van der Waals surface area contributed by atoms with Crippen molar-refractivity contribution in [3.05, 3.63) is 63.9 Å². The summed E-state index contributed by atoms with van der Waals surface area (Å²) in [5, 5.41) is 0.622. The highest BCUT2D eigenvalue weighted by Crippen LogP contribution is 2.23. The molecular weight excluding hydrogens is 238 g/mol. The Kier molecular flexibility index (Phi) is 2.67. The number of nitrogens with zero attached hydrogens (tertiary/aromatic N) is 1. The number of rotatable bonds is 1. The largest absolute Gasteiger partial charge is 0.454 e. The van der Waals surface area contributed by atoms with Crippen molar-refractivity contribution in [2.75, 3.05) is 0 Å². The molecule has 0 aliphatic carbocycles. The second-order valence-corrected chi connectivity index (χ2v) is 4.65. The maximum atomic E-state index is 12.2. The molecule has 2 heterocycles. The summed E-state index contributed by atoms with van der Waals surface area (Å²) in [5.41, 5.74) is 3.29. The van der Waals surface area contributed by atoms with Gasteiger partial charge in [0.15, 0.2) is 11.2 Å². The van der Waals surface area contributed by atoms with Crippen molar-refractivity contribution < 1.29 is 4.42 Å². The molecule has 3 nitrogen and oxygen atoms in total. The monoisotopic (exact) mass is 251 g/mol. The molecule has 0 amide bonds. The van der Waals surface area contributed by atoms with Gasteiger partial charge in [-0.15, -0.1) is 0 Å². The van der Waals surface area contributed by atoms with Gasteiger partial charge in [-0.3, -0.25) is 9.78 Å². The maximum absolute atomic E-state index is 12.2. The van der Waals surface area contributed by atoms with Gasteiger partial charge in [-0.05, 0) is 43.2 Å². The minimum absolute atomic E-state index is 0.0336. The molecule has 0 spiro atoms. The number of hydrogen-bond acceptors (Lipinski definition) is 3. The van der Waals surface area contributed by atoms with Crippen molar-refractivity contribution in [2.24, 2.45) is 0 Å². The van der Waals surface area contributed by atoms with Gasteiger partial charge in [-0.25, -0.2) is 0 Å². The number of benzene rings is 1. The highest BCUT2D eigenvalue weighted by molar-refractivity contribution is 5.82. The molecule has 0 radical (unpaired) electrons. The first kappa shape index (κ1) is 11.7. The molecule has 0 unspecified atom stereocenters. The lowest BCUT2D eigenvalue weighted by Crippen LogP contribution is -2.02. The van der Waals surface area contributed by atoms with Gasteiger partial charge in [-0.1, -0.05) is 12.1 Å². The Hall–Kier alpha value is -2.42. The summed E-state index contributed by atoms with van der Waals surface area (Å²) in [5.74, 6) is 0.505. The van der Waals surface area contributed by atoms with Crippen molar-refractivity contribution in [3.8, 4) is 11.5 Å². The molecule has 0 atom stereocenters. The van der Waals surface area contributed by atoms with Crippen LogP contribution in [0.15, 0.2) is 51.8 Å². The van der Waals surface area contributed by atoms with Gasteiger partial charge in [0.2, 0.25) is 0 Å². The summed E-state index contributed by atoms with van der Waals surface area (Å²) in [6.45, 7) is 3.92. The molecule has 94 valence electrons. The van der Waals surface area contributed by atoms with Gasteiger partial charge in [0, 0.05) is 12.3 Å². The fraction of sp³-hybridized carbons (Fsp3) is 0.125. The third kappa shape index (κ3) is 2.03. The smallest absolute Gasteiger partial charge is 0.193 e.